The summed E-state index contributed by atoms with van der Waals surface area (Å²) >= 11 is 5.95. The fourth-order valence-corrected chi connectivity index (χ4v) is 3.06. The number of benzene rings is 1. The number of carbonyl (C=O) groups excluding carboxylic acids is 1. The van der Waals surface area contributed by atoms with E-state index in [1.807, 2.05) is 24.3 Å². The van der Waals surface area contributed by atoms with Gasteiger partial charge in [-0.3, -0.25) is 9.89 Å². The molecule has 1 aromatic carbocycles. The van der Waals surface area contributed by atoms with Gasteiger partial charge in [-0.15, -0.1) is 0 Å². The number of hydrogen-bond donors (Lipinski definition) is 1. The van der Waals surface area contributed by atoms with Gasteiger partial charge in [0.15, 0.2) is 0 Å². The Morgan fingerprint density at radius 3 is 2.83 bits per heavy atom. The molecule has 0 spiro atoms. The van der Waals surface area contributed by atoms with Crippen LogP contribution in [0.3, 0.4) is 0 Å². The molecule has 0 unspecified atom stereocenters. The van der Waals surface area contributed by atoms with Gasteiger partial charge in [0.05, 0.1) is 17.9 Å². The molecule has 1 N–H and O–H groups in total. The van der Waals surface area contributed by atoms with Gasteiger partial charge in [-0.25, -0.2) is 0 Å². The molecule has 0 bridgehead atoms. The summed E-state index contributed by atoms with van der Waals surface area (Å²) < 4.78 is 5.10. The molecule has 0 saturated heterocycles. The number of rotatable bonds is 2. The summed E-state index contributed by atoms with van der Waals surface area (Å²) in [4.78, 5) is 14.3. The summed E-state index contributed by atoms with van der Waals surface area (Å²) in [5.41, 5.74) is 4.63. The summed E-state index contributed by atoms with van der Waals surface area (Å²) in [6, 6.07) is 9.19. The molecule has 6 nitrogen and oxygen atoms in total. The Kier molecular flexibility index (Phi) is 3.61. The number of nitrogens with zero attached hydrogens (tertiary/aromatic N) is 3. The molecule has 0 aliphatic carbocycles. The predicted octanol–water partition coefficient (Wildman–Crippen LogP) is 3.23. The number of fused-ring (bicyclic) bond motifs is 1. The second-order valence-electron chi connectivity index (χ2n) is 5.85. The monoisotopic (exact) mass is 342 g/mol. The molecule has 7 heteroatoms. The van der Waals surface area contributed by atoms with E-state index in [0.29, 0.717) is 23.8 Å². The van der Waals surface area contributed by atoms with Gasteiger partial charge >= 0.3 is 0 Å². The zero-order chi connectivity index (χ0) is 16.7. The van der Waals surface area contributed by atoms with Crippen LogP contribution in [0.1, 0.15) is 27.5 Å². The number of carbonyl (C=O) groups is 1. The SMILES string of the molecule is Cc1cc(C(=O)N2CCc3[nH]nc(-c4ccc(Cl)cc4)c3C2)on1. The molecular formula is C17H15ClN4O2. The smallest absolute Gasteiger partial charge is 0.292 e. The molecule has 4 rings (SSSR count). The minimum atomic E-state index is -0.149. The van der Waals surface area contributed by atoms with Crippen LogP contribution in [0.15, 0.2) is 34.9 Å². The van der Waals surface area contributed by atoms with Gasteiger partial charge < -0.3 is 9.42 Å². The highest BCUT2D eigenvalue weighted by atomic mass is 35.5. The molecule has 3 heterocycles. The Balaban J connectivity index is 1.63. The van der Waals surface area contributed by atoms with Crippen molar-refractivity contribution in [2.24, 2.45) is 0 Å². The van der Waals surface area contributed by atoms with Gasteiger partial charge in [0.1, 0.15) is 0 Å². The van der Waals surface area contributed by atoms with E-state index in [2.05, 4.69) is 15.4 Å². The number of halogens is 1. The van der Waals surface area contributed by atoms with Crippen molar-refractivity contribution in [3.8, 4) is 11.3 Å². The summed E-state index contributed by atoms with van der Waals surface area (Å²) in [6.07, 6.45) is 0.731. The largest absolute Gasteiger partial charge is 0.351 e. The first-order valence-electron chi connectivity index (χ1n) is 7.66. The number of aryl methyl sites for hydroxylation is 1. The Hall–Kier alpha value is -2.60. The van der Waals surface area contributed by atoms with E-state index in [9.17, 15) is 4.79 Å². The molecule has 0 fully saturated rings. The van der Waals surface area contributed by atoms with E-state index in [0.717, 1.165) is 28.9 Å². The number of hydrogen-bond acceptors (Lipinski definition) is 4. The van der Waals surface area contributed by atoms with E-state index in [-0.39, 0.29) is 11.7 Å². The van der Waals surface area contributed by atoms with E-state index in [1.54, 1.807) is 17.9 Å². The lowest BCUT2D eigenvalue weighted by Gasteiger charge is -2.26. The lowest BCUT2D eigenvalue weighted by molar-refractivity contribution is 0.0692. The van der Waals surface area contributed by atoms with Crippen LogP contribution >= 0.6 is 11.6 Å². The van der Waals surface area contributed by atoms with Crippen LogP contribution in [0.25, 0.3) is 11.3 Å². The second kappa shape index (κ2) is 5.79. The van der Waals surface area contributed by atoms with Gasteiger partial charge in [0.25, 0.3) is 5.91 Å². The van der Waals surface area contributed by atoms with E-state index in [1.165, 1.54) is 0 Å². The average molecular weight is 343 g/mol. The summed E-state index contributed by atoms with van der Waals surface area (Å²) in [7, 11) is 0. The average Bonchev–Trinajstić information content (AvgIpc) is 3.21. The molecule has 1 amide bonds. The van der Waals surface area contributed by atoms with Gasteiger partial charge in [-0.1, -0.05) is 28.9 Å². The van der Waals surface area contributed by atoms with E-state index >= 15 is 0 Å². The maximum absolute atomic E-state index is 12.6. The Morgan fingerprint density at radius 1 is 1.33 bits per heavy atom. The maximum atomic E-state index is 12.6. The summed E-state index contributed by atoms with van der Waals surface area (Å²) in [5, 5.41) is 12.0. The lowest BCUT2D eigenvalue weighted by atomic mass is 10.0. The highest BCUT2D eigenvalue weighted by Gasteiger charge is 2.28. The first kappa shape index (κ1) is 15.0. The van der Waals surface area contributed by atoms with Gasteiger partial charge in [-0.2, -0.15) is 5.10 Å². The molecule has 0 radical (unpaired) electrons. The topological polar surface area (TPSA) is 75.0 Å². The van der Waals surface area contributed by atoms with Crippen LogP contribution in [0, 0.1) is 6.92 Å². The number of aromatic amines is 1. The molecule has 1 aliphatic heterocycles. The number of aromatic nitrogens is 3. The third kappa shape index (κ3) is 2.59. The summed E-state index contributed by atoms with van der Waals surface area (Å²) in [6.45, 7) is 2.90. The molecule has 0 saturated carbocycles. The Morgan fingerprint density at radius 2 is 2.12 bits per heavy atom. The Bertz CT molecular complexity index is 898. The minimum Gasteiger partial charge on any atom is -0.351 e. The van der Waals surface area contributed by atoms with E-state index in [4.69, 9.17) is 16.1 Å². The quantitative estimate of drug-likeness (QED) is 0.775. The standard InChI is InChI=1S/C17H15ClN4O2/c1-10-8-15(24-21-10)17(23)22-7-6-14-13(9-22)16(20-19-14)11-2-4-12(18)5-3-11/h2-5,8H,6-7,9H2,1H3,(H,19,20). The van der Waals surface area contributed by atoms with Crippen molar-refractivity contribution in [1.29, 1.82) is 0 Å². The highest BCUT2D eigenvalue weighted by Crippen LogP contribution is 2.29. The Labute approximate surface area is 143 Å². The van der Waals surface area contributed by atoms with Gasteiger partial charge in [0, 0.05) is 40.9 Å². The van der Waals surface area contributed by atoms with Crippen molar-refractivity contribution in [2.75, 3.05) is 6.54 Å². The van der Waals surface area contributed by atoms with Crippen LogP contribution in [-0.2, 0) is 13.0 Å². The maximum Gasteiger partial charge on any atom is 0.292 e. The van der Waals surface area contributed by atoms with Crippen molar-refractivity contribution in [3.63, 3.8) is 0 Å². The zero-order valence-corrected chi connectivity index (χ0v) is 13.8. The van der Waals surface area contributed by atoms with Crippen LogP contribution in [0.5, 0.6) is 0 Å². The number of H-pyrrole nitrogens is 1. The summed E-state index contributed by atoms with van der Waals surface area (Å²) in [5.74, 6) is 0.122. The molecule has 24 heavy (non-hydrogen) atoms. The van der Waals surface area contributed by atoms with Crippen LogP contribution in [0.2, 0.25) is 5.02 Å². The van der Waals surface area contributed by atoms with Crippen molar-refractivity contribution in [3.05, 3.63) is 58.1 Å². The molecule has 2 aromatic heterocycles. The molecule has 122 valence electrons. The molecule has 0 atom stereocenters. The number of amides is 1. The lowest BCUT2D eigenvalue weighted by Crippen LogP contribution is -2.35. The normalized spacial score (nSPS) is 13.8. The third-order valence-electron chi connectivity index (χ3n) is 4.18. The van der Waals surface area contributed by atoms with Crippen molar-refractivity contribution in [2.45, 2.75) is 19.9 Å². The molecular weight excluding hydrogens is 328 g/mol. The van der Waals surface area contributed by atoms with Crippen LogP contribution in [0.4, 0.5) is 0 Å². The van der Waals surface area contributed by atoms with Gasteiger partial charge in [-0.05, 0) is 19.1 Å². The third-order valence-corrected chi connectivity index (χ3v) is 4.43. The van der Waals surface area contributed by atoms with Crippen molar-refractivity contribution in [1.82, 2.24) is 20.3 Å². The van der Waals surface area contributed by atoms with Crippen molar-refractivity contribution >= 4 is 17.5 Å². The van der Waals surface area contributed by atoms with Gasteiger partial charge in [0.2, 0.25) is 5.76 Å². The highest BCUT2D eigenvalue weighted by molar-refractivity contribution is 6.30. The molecule has 3 aromatic rings. The minimum absolute atomic E-state index is 0.149. The fourth-order valence-electron chi connectivity index (χ4n) is 2.94. The van der Waals surface area contributed by atoms with Crippen LogP contribution < -0.4 is 0 Å². The first-order valence-corrected chi connectivity index (χ1v) is 8.04. The van der Waals surface area contributed by atoms with Crippen molar-refractivity contribution < 1.29 is 9.32 Å². The molecule has 1 aliphatic rings. The van der Waals surface area contributed by atoms with Crippen LogP contribution in [-0.4, -0.2) is 32.7 Å². The zero-order valence-electron chi connectivity index (χ0n) is 13.0. The fraction of sp³-hybridized carbons (Fsp3) is 0.235. The predicted molar refractivity (Wildman–Crippen MR) is 88.7 cm³/mol. The second-order valence-corrected chi connectivity index (χ2v) is 6.28. The van der Waals surface area contributed by atoms with E-state index < -0.39 is 0 Å². The first-order chi connectivity index (χ1) is 11.6. The number of nitrogens with one attached hydrogen (secondary N) is 1.